The van der Waals surface area contributed by atoms with Crippen LogP contribution in [0.4, 0.5) is 56.9 Å². The number of thiophene rings is 2. The number of benzene rings is 5. The molecule has 11 aliphatic heterocycles. The average molecular weight is 2090 g/mol. The lowest BCUT2D eigenvalue weighted by Crippen LogP contribution is -2.44. The fourth-order valence-corrected chi connectivity index (χ4v) is 18.1. The minimum Gasteiger partial charge on any atom is -0.399 e. The van der Waals surface area contributed by atoms with Gasteiger partial charge in [-0.2, -0.15) is 0 Å². The van der Waals surface area contributed by atoms with Crippen LogP contribution in [0.2, 0.25) is 0 Å². The molecule has 18 rings (SSSR count). The van der Waals surface area contributed by atoms with Gasteiger partial charge in [-0.3, -0.25) is 64.5 Å². The van der Waals surface area contributed by atoms with Crippen molar-refractivity contribution in [1.82, 2.24) is 24.5 Å². The number of nitrogens with zero attached hydrogens (tertiary/aromatic N) is 12. The van der Waals surface area contributed by atoms with Crippen molar-refractivity contribution in [2.45, 2.75) is 114 Å². The largest absolute Gasteiger partial charge is 0.399 e. The van der Waals surface area contributed by atoms with Crippen molar-refractivity contribution in [3.8, 4) is 0 Å². The number of aliphatic imine (C=N–C) groups is 1. The highest BCUT2D eigenvalue weighted by Gasteiger charge is 2.30. The van der Waals surface area contributed by atoms with E-state index in [4.69, 9.17) is 67.7 Å². The number of fused-ring (bicyclic) bond motifs is 5. The van der Waals surface area contributed by atoms with Crippen molar-refractivity contribution < 1.29 is 57.8 Å². The van der Waals surface area contributed by atoms with E-state index >= 15 is 0 Å². The van der Waals surface area contributed by atoms with E-state index in [1.54, 1.807) is 52.7 Å². The number of nitrogen functional groups attached to an aromatic ring is 2. The molecule has 6 fully saturated rings. The zero-order chi connectivity index (χ0) is 89.9. The van der Waals surface area contributed by atoms with Crippen LogP contribution < -0.4 is 42.1 Å². The summed E-state index contributed by atoms with van der Waals surface area (Å²) in [4.78, 5) is 83.2. The van der Waals surface area contributed by atoms with Crippen LogP contribution in [0.5, 0.6) is 0 Å². The van der Waals surface area contributed by atoms with Crippen LogP contribution in [0.3, 0.4) is 0 Å². The molecule has 13 heterocycles. The summed E-state index contributed by atoms with van der Waals surface area (Å²) in [5.41, 5.74) is 31.6. The summed E-state index contributed by atoms with van der Waals surface area (Å²) in [6.45, 7) is 33.0. The monoisotopic (exact) mass is 2090 g/mol. The molecule has 5 aromatic carbocycles. The summed E-state index contributed by atoms with van der Waals surface area (Å²) in [5, 5.41) is 43.6. The van der Waals surface area contributed by atoms with E-state index in [0.717, 1.165) is 278 Å². The Morgan fingerprint density at radius 2 is 0.836 bits per heavy atom. The predicted molar refractivity (Wildman–Crippen MR) is 570 cm³/mol. The molecule has 6 saturated heterocycles. The van der Waals surface area contributed by atoms with E-state index in [9.17, 15) is 34.6 Å². The highest BCUT2D eigenvalue weighted by molar-refractivity contribution is 14.0. The number of carbonyl (C=O) groups is 3. The number of hydrogen-bond donors (Lipinski definition) is 6. The van der Waals surface area contributed by atoms with Gasteiger partial charge in [-0.25, -0.2) is 4.99 Å². The minimum atomic E-state index is -0.434. The number of non-ortho nitro benzene ring substituents is 2. The molecule has 0 unspecified atom stereocenters. The van der Waals surface area contributed by atoms with Crippen LogP contribution >= 0.6 is 94.8 Å². The lowest BCUT2D eigenvalue weighted by molar-refractivity contribution is -0.385. The number of hydrogen-bond acceptors (Lipinski definition) is 28. The van der Waals surface area contributed by atoms with Gasteiger partial charge in [0.1, 0.15) is 10.9 Å². The van der Waals surface area contributed by atoms with Crippen LogP contribution in [-0.4, -0.2) is 304 Å². The van der Waals surface area contributed by atoms with Crippen molar-refractivity contribution >= 4 is 180 Å². The first kappa shape index (κ1) is 121. The van der Waals surface area contributed by atoms with Gasteiger partial charge < -0.3 is 75.6 Å². The SMILES string of the molecule is C.C.C.C.C1CCOC1.CCO.CSC(=N)c1cccs1.Cl.Cl.ClCCN1CCOCC1.I.NC(=Nc1ccc2c(c1)CCCN2CCN1CCOCC1)c1cccs1.Nc1ccc2c(c1)CCC(=O)N2CCN1CCOCC1.Nc1ccc2c(c1)CCCN2CCN1CCOCC1.O=C1CCc2cc([N+](=O)[O-])ccc2N1.O=C1CCc2cc([N+](=O)[O-])ccc2N1CCN1CCOCC1. The molecule has 0 spiro atoms. The normalized spacial score (nSPS) is 17.3. The predicted octanol–water partition coefficient (Wildman–Crippen LogP) is 15.6. The number of nitrogens with one attached hydrogen (secondary N) is 2. The quantitative estimate of drug-likeness (QED) is 0.00833. The van der Waals surface area contributed by atoms with Gasteiger partial charge in [0.25, 0.3) is 11.4 Å². The van der Waals surface area contributed by atoms with Crippen molar-refractivity contribution in [3.63, 3.8) is 0 Å². The number of alkyl halides is 1. The van der Waals surface area contributed by atoms with Gasteiger partial charge >= 0.3 is 0 Å². The van der Waals surface area contributed by atoms with Crippen LogP contribution in [0, 0.1) is 25.6 Å². The topological polar surface area (TPSA) is 369 Å². The molecular weight excluding hydrogens is 1940 g/mol. The molecule has 0 saturated carbocycles. The number of amidine groups is 1. The van der Waals surface area contributed by atoms with Gasteiger partial charge in [0.05, 0.1) is 91.4 Å². The number of thioether (sulfide) groups is 1. The maximum absolute atomic E-state index is 12.2. The average Bonchev–Trinajstić information content (AvgIpc) is 1.30. The third kappa shape index (κ3) is 40.5. The van der Waals surface area contributed by atoms with E-state index in [0.29, 0.717) is 55.2 Å². The zero-order valence-corrected chi connectivity index (χ0v) is 82.2. The molecular formula is C96H149Cl3IN17O14S3. The lowest BCUT2D eigenvalue weighted by Gasteiger charge is -2.34. The van der Waals surface area contributed by atoms with E-state index in [-0.39, 0.29) is 114 Å². The molecule has 38 heteroatoms. The fourth-order valence-electron chi connectivity index (χ4n) is 16.0. The number of rotatable bonds is 19. The molecule has 11 aliphatic rings. The molecule has 134 heavy (non-hydrogen) atoms. The summed E-state index contributed by atoms with van der Waals surface area (Å²) in [6.07, 6.45) is 12.5. The number of aliphatic hydroxyl groups is 1. The van der Waals surface area contributed by atoms with Crippen LogP contribution in [-0.2, 0) is 74.9 Å². The maximum atomic E-state index is 12.2. The molecule has 0 atom stereocenters. The highest BCUT2D eigenvalue weighted by Crippen LogP contribution is 2.35. The molecule has 9 N–H and O–H groups in total. The van der Waals surface area contributed by atoms with E-state index in [2.05, 4.69) is 74.9 Å². The van der Waals surface area contributed by atoms with E-state index < -0.39 is 9.85 Å². The molecule has 31 nitrogen and oxygen atoms in total. The Morgan fingerprint density at radius 1 is 0.470 bits per heavy atom. The molecule has 3 amide bonds. The van der Waals surface area contributed by atoms with Crippen molar-refractivity contribution in [1.29, 1.82) is 5.41 Å². The fraction of sp³-hybridized carbons (Fsp3) is 0.552. The third-order valence-electron chi connectivity index (χ3n) is 22.9. The summed E-state index contributed by atoms with van der Waals surface area (Å²) >= 11 is 10.3. The Kier molecular flexibility index (Phi) is 60.3. The number of aryl methyl sites for hydroxylation is 5. The Morgan fingerprint density at radius 3 is 1.25 bits per heavy atom. The molecule has 2 aromatic heterocycles. The van der Waals surface area contributed by atoms with Crippen molar-refractivity contribution in [2.24, 2.45) is 10.7 Å². The van der Waals surface area contributed by atoms with E-state index in [1.165, 1.54) is 90.3 Å². The molecule has 748 valence electrons. The highest BCUT2D eigenvalue weighted by atomic mass is 127. The van der Waals surface area contributed by atoms with Gasteiger partial charge in [0, 0.05) is 246 Å². The van der Waals surface area contributed by atoms with Gasteiger partial charge in [-0.05, 0) is 188 Å². The number of halogens is 4. The van der Waals surface area contributed by atoms with Gasteiger partial charge in [0.2, 0.25) is 17.7 Å². The number of nitro groups is 2. The van der Waals surface area contributed by atoms with Gasteiger partial charge in [-0.1, -0.05) is 41.8 Å². The van der Waals surface area contributed by atoms with Crippen LogP contribution in [0.1, 0.15) is 119 Å². The first-order chi connectivity index (χ1) is 61.9. The standard InChI is InChI=1S/C20H26N4OS.C15H19N3O4.C15H21N3O2.C15H23N3O.C9H8N2O3.C6H12ClNO.C6H7NS2.C4H8O.C2H6O.4CH4.2ClH.HI/c21-20(19-4-2-14-26-19)22-17-5-6-18-16(15-17)3-1-7-24(18)9-8-23-10-12-25-13-11-23;19-15-4-1-12-11-13(18(20)21)2-3-14(12)17(15)6-5-16-7-9-22-10-8-16;16-13-2-3-14-12(11-13)1-4-15(19)18(14)6-5-17-7-9-20-10-8-17;16-14-3-4-15-13(12-14)2-1-5-18(15)7-6-17-8-10-19-11-9-17;12-9-4-1-6-5-7(11(13)14)2-3-8(6)10-9;7-1-2-8-3-5-9-6-4-8;1-8-6(7)5-3-2-4-9-5;1-2-4-5-3-1;1-2-3;;;;;;;/h2,4-6,14-15H,1,3,7-13H2,(H2,21,22);2-3,11H,1,4-10H2;2-3,11H,1,4-10,16H2;3-4,12H,1-2,5-11,16H2;2-3,5H,1,4H2,(H,10,12);1-6H2;2-4,7H,1H3;1-4H2;3H,2H2,1H3;4*1H4;3*1H. The lowest BCUT2D eigenvalue weighted by atomic mass is 10.0. The number of anilines is 7. The van der Waals surface area contributed by atoms with Crippen LogP contribution in [0.25, 0.3) is 0 Å². The zero-order valence-electron chi connectivity index (χ0n) is 75.0. The van der Waals surface area contributed by atoms with Crippen molar-refractivity contribution in [3.05, 3.63) is 184 Å². The Bertz CT molecular complexity index is 4560. The first-order valence-electron chi connectivity index (χ1n) is 44.5. The second-order valence-electron chi connectivity index (χ2n) is 31.7. The Hall–Kier alpha value is -7.48. The smallest absolute Gasteiger partial charge is 0.269 e. The number of amides is 3. The summed E-state index contributed by atoms with van der Waals surface area (Å²) in [5.74, 6) is 1.61. The minimum absolute atomic E-state index is 0. The Balaban J connectivity index is 0.000000402. The summed E-state index contributed by atoms with van der Waals surface area (Å²) in [7, 11) is 0. The second-order valence-corrected chi connectivity index (χ2v) is 34.7. The maximum Gasteiger partial charge on any atom is 0.269 e. The first-order valence-corrected chi connectivity index (χ1v) is 48.0. The van der Waals surface area contributed by atoms with Crippen LogP contribution in [0.15, 0.2) is 131 Å². The van der Waals surface area contributed by atoms with Crippen molar-refractivity contribution in [2.75, 3.05) is 272 Å². The van der Waals surface area contributed by atoms with E-state index in [1.807, 2.05) is 70.4 Å². The second kappa shape index (κ2) is 66.9. The molecule has 7 aromatic rings. The third-order valence-corrected chi connectivity index (χ3v) is 25.6. The summed E-state index contributed by atoms with van der Waals surface area (Å²) in [6, 6.07) is 35.9. The number of carbonyl (C=O) groups excluding carboxylic acids is 3. The number of nitrogens with two attached hydrogens (primary N) is 3. The number of ether oxygens (including phenoxy) is 6. The Labute approximate surface area is 841 Å². The number of morpholine rings is 5. The molecule has 0 bridgehead atoms. The summed E-state index contributed by atoms with van der Waals surface area (Å²) < 4.78 is 31.6. The number of aliphatic hydroxyl groups excluding tert-OH is 1. The number of nitro benzene ring substituents is 2. The van der Waals surface area contributed by atoms with Gasteiger partial charge in [0.15, 0.2) is 0 Å². The van der Waals surface area contributed by atoms with Gasteiger partial charge in [-0.15, -0.1) is 94.8 Å². The molecule has 0 aliphatic carbocycles. The molecule has 0 radical (unpaired) electrons.